The summed E-state index contributed by atoms with van der Waals surface area (Å²) in [4.78, 5) is 21.3. The Balaban J connectivity index is 3.45. The monoisotopic (exact) mass is 290 g/mol. The van der Waals surface area contributed by atoms with Gasteiger partial charge in [0.25, 0.3) is 0 Å². The smallest absolute Gasteiger partial charge is 0.317 e. The molecule has 0 aliphatic rings. The van der Waals surface area contributed by atoms with E-state index in [9.17, 15) is 9.59 Å². The molecular weight excluding hydrogens is 264 g/mol. The first kappa shape index (κ1) is 18.3. The van der Waals surface area contributed by atoms with Crippen LogP contribution in [-0.4, -0.2) is 33.2 Å². The van der Waals surface area contributed by atoms with Crippen LogP contribution in [0.2, 0.25) is 0 Å². The zero-order valence-corrected chi connectivity index (χ0v) is 12.6. The molecule has 19 heavy (non-hydrogen) atoms. The van der Waals surface area contributed by atoms with Crippen molar-refractivity contribution in [1.29, 1.82) is 0 Å². The van der Waals surface area contributed by atoms with Crippen molar-refractivity contribution in [3.8, 4) is 0 Å². The first-order valence-corrected chi connectivity index (χ1v) is 8.19. The lowest BCUT2D eigenvalue weighted by Crippen LogP contribution is -2.20. The second-order valence-corrected chi connectivity index (χ2v) is 6.08. The van der Waals surface area contributed by atoms with E-state index in [1.54, 1.807) is 0 Å². The van der Waals surface area contributed by atoms with Crippen LogP contribution in [0.3, 0.4) is 0 Å². The Hall–Kier alpha value is -0.710. The van der Waals surface area contributed by atoms with Gasteiger partial charge in [-0.3, -0.25) is 9.59 Å². The van der Waals surface area contributed by atoms with Crippen molar-refractivity contribution in [1.82, 2.24) is 0 Å². The first-order chi connectivity index (χ1) is 9.07. The fourth-order valence-electron chi connectivity index (χ4n) is 1.84. The molecule has 0 aromatic carbocycles. The minimum absolute atomic E-state index is 0.295. The second-order valence-electron chi connectivity index (χ2n) is 4.77. The second kappa shape index (κ2) is 12.3. The van der Waals surface area contributed by atoms with Crippen LogP contribution >= 0.6 is 11.8 Å². The summed E-state index contributed by atoms with van der Waals surface area (Å²) in [6.07, 6.45) is 9.41. The molecule has 0 spiro atoms. The molecule has 0 unspecified atom stereocenters. The molecular formula is C14H26O4S. The summed E-state index contributed by atoms with van der Waals surface area (Å²) in [6, 6.07) is 0. The van der Waals surface area contributed by atoms with Crippen molar-refractivity contribution in [2.24, 2.45) is 0 Å². The van der Waals surface area contributed by atoms with Crippen LogP contribution in [-0.2, 0) is 9.59 Å². The van der Waals surface area contributed by atoms with E-state index in [1.807, 2.05) is 0 Å². The first-order valence-electron chi connectivity index (χ1n) is 7.14. The van der Waals surface area contributed by atoms with Gasteiger partial charge in [-0.1, -0.05) is 51.9 Å². The van der Waals surface area contributed by atoms with Gasteiger partial charge in [0.05, 0.1) is 6.42 Å². The number of aliphatic carboxylic acids is 2. The van der Waals surface area contributed by atoms with Gasteiger partial charge in [0.2, 0.25) is 0 Å². The van der Waals surface area contributed by atoms with Gasteiger partial charge < -0.3 is 10.2 Å². The Morgan fingerprint density at radius 1 is 0.947 bits per heavy atom. The average molecular weight is 290 g/mol. The van der Waals surface area contributed by atoms with Gasteiger partial charge in [-0.05, 0) is 12.2 Å². The van der Waals surface area contributed by atoms with Crippen LogP contribution < -0.4 is 0 Å². The van der Waals surface area contributed by atoms with E-state index in [4.69, 9.17) is 10.2 Å². The standard InChI is InChI=1S/C14H26O4S/c1-2-3-4-5-6-7-8-9-10-19-12(14(17)18)11-13(15)16/h12H,2-11H2,1H3,(H,15,16)(H,17,18)/t12-/m1/s1. The highest BCUT2D eigenvalue weighted by atomic mass is 32.2. The summed E-state index contributed by atoms with van der Waals surface area (Å²) in [6.45, 7) is 2.20. The molecule has 0 aliphatic heterocycles. The molecule has 4 nitrogen and oxygen atoms in total. The lowest BCUT2D eigenvalue weighted by atomic mass is 10.1. The predicted molar refractivity (Wildman–Crippen MR) is 78.7 cm³/mol. The summed E-state index contributed by atoms with van der Waals surface area (Å²) in [5.74, 6) is -1.33. The quantitative estimate of drug-likeness (QED) is 0.505. The molecule has 0 aromatic rings. The highest BCUT2D eigenvalue weighted by molar-refractivity contribution is 8.00. The van der Waals surface area contributed by atoms with Gasteiger partial charge in [0.15, 0.2) is 0 Å². The number of rotatable bonds is 13. The highest BCUT2D eigenvalue weighted by Gasteiger charge is 2.20. The number of hydrogen-bond donors (Lipinski definition) is 2. The van der Waals surface area contributed by atoms with E-state index in [2.05, 4.69) is 6.92 Å². The summed E-state index contributed by atoms with van der Waals surface area (Å²) < 4.78 is 0. The Morgan fingerprint density at radius 2 is 1.47 bits per heavy atom. The van der Waals surface area contributed by atoms with E-state index in [0.717, 1.165) is 18.6 Å². The van der Waals surface area contributed by atoms with Crippen molar-refractivity contribution >= 4 is 23.7 Å². The fourth-order valence-corrected chi connectivity index (χ4v) is 2.90. The largest absolute Gasteiger partial charge is 0.481 e. The molecule has 0 aliphatic carbocycles. The van der Waals surface area contributed by atoms with Gasteiger partial charge in [0, 0.05) is 0 Å². The molecule has 5 heteroatoms. The molecule has 112 valence electrons. The van der Waals surface area contributed by atoms with Crippen molar-refractivity contribution in [3.63, 3.8) is 0 Å². The van der Waals surface area contributed by atoms with Crippen molar-refractivity contribution in [2.45, 2.75) is 70.0 Å². The van der Waals surface area contributed by atoms with Gasteiger partial charge >= 0.3 is 11.9 Å². The minimum Gasteiger partial charge on any atom is -0.481 e. The van der Waals surface area contributed by atoms with Crippen LogP contribution in [0.25, 0.3) is 0 Å². The van der Waals surface area contributed by atoms with Crippen LogP contribution in [0.4, 0.5) is 0 Å². The van der Waals surface area contributed by atoms with Crippen LogP contribution in [0.1, 0.15) is 64.7 Å². The molecule has 0 heterocycles. The van der Waals surface area contributed by atoms with Crippen LogP contribution in [0, 0.1) is 0 Å². The maximum Gasteiger partial charge on any atom is 0.317 e. The SMILES string of the molecule is CCCCCCCCCCS[C@H](CC(=O)O)C(=O)O. The normalized spacial score (nSPS) is 12.3. The van der Waals surface area contributed by atoms with E-state index >= 15 is 0 Å². The van der Waals surface area contributed by atoms with E-state index < -0.39 is 17.2 Å². The maximum atomic E-state index is 10.8. The van der Waals surface area contributed by atoms with E-state index in [0.29, 0.717) is 0 Å². The number of thioether (sulfide) groups is 1. The molecule has 0 radical (unpaired) electrons. The molecule has 2 N–H and O–H groups in total. The third-order valence-corrected chi connectivity index (χ3v) is 4.25. The summed E-state index contributed by atoms with van der Waals surface area (Å²) in [5, 5.41) is 16.7. The Labute approximate surface area is 120 Å². The van der Waals surface area contributed by atoms with Crippen LogP contribution in [0.5, 0.6) is 0 Å². The number of carboxylic acid groups (broad SMARTS) is 2. The lowest BCUT2D eigenvalue weighted by molar-refractivity contribution is -0.142. The van der Waals surface area contributed by atoms with E-state index in [1.165, 1.54) is 50.3 Å². The summed E-state index contributed by atoms with van der Waals surface area (Å²) >= 11 is 1.25. The zero-order chi connectivity index (χ0) is 14.5. The summed E-state index contributed by atoms with van der Waals surface area (Å²) in [7, 11) is 0. The average Bonchev–Trinajstić information content (AvgIpc) is 2.34. The fraction of sp³-hybridized carbons (Fsp3) is 0.857. The number of unbranched alkanes of at least 4 members (excludes halogenated alkanes) is 7. The molecule has 0 rings (SSSR count). The molecule has 1 atom stereocenters. The topological polar surface area (TPSA) is 74.6 Å². The minimum atomic E-state index is -1.05. The van der Waals surface area contributed by atoms with Gasteiger partial charge in [-0.25, -0.2) is 0 Å². The molecule has 0 aromatic heterocycles. The molecule has 0 bridgehead atoms. The maximum absolute atomic E-state index is 10.8. The van der Waals surface area contributed by atoms with Crippen molar-refractivity contribution < 1.29 is 19.8 Å². The highest BCUT2D eigenvalue weighted by Crippen LogP contribution is 2.18. The summed E-state index contributed by atoms with van der Waals surface area (Å²) in [5.41, 5.74) is 0. The zero-order valence-electron chi connectivity index (χ0n) is 11.8. The predicted octanol–water partition coefficient (Wildman–Crippen LogP) is 3.79. The number of carbonyl (C=O) groups is 2. The van der Waals surface area contributed by atoms with Crippen molar-refractivity contribution in [3.05, 3.63) is 0 Å². The number of carboxylic acids is 2. The van der Waals surface area contributed by atoms with Crippen LogP contribution in [0.15, 0.2) is 0 Å². The Bertz CT molecular complexity index is 256. The third-order valence-electron chi connectivity index (χ3n) is 2.95. The molecule has 0 saturated heterocycles. The third kappa shape index (κ3) is 12.1. The van der Waals surface area contributed by atoms with Gasteiger partial charge in [-0.15, -0.1) is 11.8 Å². The Morgan fingerprint density at radius 3 is 1.95 bits per heavy atom. The molecule has 0 amide bonds. The number of hydrogen-bond acceptors (Lipinski definition) is 3. The Kier molecular flexibility index (Phi) is 11.9. The van der Waals surface area contributed by atoms with Gasteiger partial charge in [-0.2, -0.15) is 0 Å². The van der Waals surface area contributed by atoms with Crippen molar-refractivity contribution in [2.75, 3.05) is 5.75 Å². The molecule has 0 saturated carbocycles. The molecule has 0 fully saturated rings. The van der Waals surface area contributed by atoms with Gasteiger partial charge in [0.1, 0.15) is 5.25 Å². The lowest BCUT2D eigenvalue weighted by Gasteiger charge is -2.09. The van der Waals surface area contributed by atoms with E-state index in [-0.39, 0.29) is 6.42 Å².